The second-order valence-corrected chi connectivity index (χ2v) is 6.40. The number of aromatic nitrogens is 1. The minimum absolute atomic E-state index is 0.108. The van der Waals surface area contributed by atoms with Crippen molar-refractivity contribution in [2.24, 2.45) is 0 Å². The summed E-state index contributed by atoms with van der Waals surface area (Å²) < 4.78 is 13.6. The number of hydrogen-bond donors (Lipinski definition) is 2. The lowest BCUT2D eigenvalue weighted by atomic mass is 10.1. The molecule has 0 unspecified atom stereocenters. The molecule has 2 amide bonds. The van der Waals surface area contributed by atoms with Crippen molar-refractivity contribution in [2.45, 2.75) is 6.42 Å². The van der Waals surface area contributed by atoms with Gasteiger partial charge in [-0.2, -0.15) is 0 Å². The van der Waals surface area contributed by atoms with Crippen LogP contribution < -0.4 is 10.6 Å². The quantitative estimate of drug-likeness (QED) is 0.657. The van der Waals surface area contributed by atoms with Gasteiger partial charge in [-0.3, -0.25) is 9.59 Å². The van der Waals surface area contributed by atoms with Gasteiger partial charge in [0.2, 0.25) is 0 Å². The number of carbonyl (C=O) groups is 2. The van der Waals surface area contributed by atoms with E-state index in [9.17, 15) is 14.0 Å². The van der Waals surface area contributed by atoms with Gasteiger partial charge in [-0.05, 0) is 54.4 Å². The number of benzene rings is 2. The lowest BCUT2D eigenvalue weighted by molar-refractivity contribution is 0.0949. The van der Waals surface area contributed by atoms with Gasteiger partial charge in [0.25, 0.3) is 11.8 Å². The Morgan fingerprint density at radius 1 is 0.893 bits per heavy atom. The number of carbonyl (C=O) groups excluding carboxylic acids is 2. The van der Waals surface area contributed by atoms with Crippen LogP contribution in [-0.2, 0) is 6.42 Å². The highest BCUT2D eigenvalue weighted by Crippen LogP contribution is 2.14. The Kier molecular flexibility index (Phi) is 6.34. The molecule has 142 valence electrons. The molecule has 2 aromatic carbocycles. The number of halogens is 2. The number of amides is 2. The van der Waals surface area contributed by atoms with Crippen molar-refractivity contribution in [1.29, 1.82) is 0 Å². The van der Waals surface area contributed by atoms with Crippen LogP contribution in [-0.4, -0.2) is 23.3 Å². The molecule has 3 aromatic rings. The molecule has 0 aliphatic carbocycles. The largest absolute Gasteiger partial charge is 0.350 e. The maximum absolute atomic E-state index is 13.6. The minimum atomic E-state index is -0.441. The van der Waals surface area contributed by atoms with Crippen LogP contribution in [0.25, 0.3) is 0 Å². The average molecular weight is 398 g/mol. The first-order chi connectivity index (χ1) is 13.5. The van der Waals surface area contributed by atoms with Crippen LogP contribution in [0.5, 0.6) is 0 Å². The van der Waals surface area contributed by atoms with E-state index in [1.54, 1.807) is 48.5 Å². The predicted octanol–water partition coefficient (Wildman–Crippen LogP) is 4.10. The van der Waals surface area contributed by atoms with E-state index in [4.69, 9.17) is 11.6 Å². The molecule has 0 saturated carbocycles. The fourth-order valence-corrected chi connectivity index (χ4v) is 2.64. The molecule has 1 aromatic heterocycles. The van der Waals surface area contributed by atoms with Crippen LogP contribution in [0.1, 0.15) is 26.5 Å². The van der Waals surface area contributed by atoms with Crippen LogP contribution in [0.3, 0.4) is 0 Å². The summed E-state index contributed by atoms with van der Waals surface area (Å²) in [6.45, 7) is 0.253. The number of rotatable bonds is 6. The summed E-state index contributed by atoms with van der Waals surface area (Å²) in [5.74, 6) is -1.18. The van der Waals surface area contributed by atoms with Crippen LogP contribution in [0, 0.1) is 5.82 Å². The zero-order valence-corrected chi connectivity index (χ0v) is 15.5. The first kappa shape index (κ1) is 19.5. The van der Waals surface area contributed by atoms with E-state index < -0.39 is 11.8 Å². The Hall–Kier alpha value is -3.25. The van der Waals surface area contributed by atoms with Crippen LogP contribution in [0.15, 0.2) is 66.7 Å². The van der Waals surface area contributed by atoms with Gasteiger partial charge >= 0.3 is 0 Å². The highest BCUT2D eigenvalue weighted by Gasteiger charge is 2.13. The van der Waals surface area contributed by atoms with E-state index in [1.807, 2.05) is 0 Å². The molecule has 0 aliphatic heterocycles. The first-order valence-corrected chi connectivity index (χ1v) is 8.96. The normalized spacial score (nSPS) is 10.4. The summed E-state index contributed by atoms with van der Waals surface area (Å²) in [5, 5.41) is 5.93. The fraction of sp³-hybridized carbons (Fsp3) is 0.0952. The van der Waals surface area contributed by atoms with E-state index in [0.29, 0.717) is 22.7 Å². The molecule has 0 aliphatic rings. The Balaban J connectivity index is 1.60. The first-order valence-electron chi connectivity index (χ1n) is 8.58. The van der Waals surface area contributed by atoms with Crippen molar-refractivity contribution in [3.63, 3.8) is 0 Å². The molecular formula is C21H17ClFN3O2. The van der Waals surface area contributed by atoms with Crippen LogP contribution >= 0.6 is 11.6 Å². The third-order valence-corrected chi connectivity index (χ3v) is 4.21. The summed E-state index contributed by atoms with van der Waals surface area (Å²) in [5.41, 5.74) is 1.30. The number of pyridine rings is 1. The van der Waals surface area contributed by atoms with Crippen molar-refractivity contribution in [3.05, 3.63) is 94.5 Å². The molecule has 2 N–H and O–H groups in total. The summed E-state index contributed by atoms with van der Waals surface area (Å²) in [4.78, 5) is 28.7. The maximum atomic E-state index is 13.6. The zero-order valence-electron chi connectivity index (χ0n) is 14.8. The Morgan fingerprint density at radius 3 is 2.29 bits per heavy atom. The lowest BCUT2D eigenvalue weighted by Crippen LogP contribution is -2.27. The van der Waals surface area contributed by atoms with Crippen molar-refractivity contribution >= 4 is 29.1 Å². The Morgan fingerprint density at radius 2 is 1.57 bits per heavy atom. The van der Waals surface area contributed by atoms with Crippen LogP contribution in [0.4, 0.5) is 10.1 Å². The molecule has 7 heteroatoms. The van der Waals surface area contributed by atoms with E-state index >= 15 is 0 Å². The Labute approximate surface area is 166 Å². The molecule has 0 fully saturated rings. The topological polar surface area (TPSA) is 71.1 Å². The van der Waals surface area contributed by atoms with Gasteiger partial charge in [-0.25, -0.2) is 9.37 Å². The van der Waals surface area contributed by atoms with Crippen molar-refractivity contribution < 1.29 is 14.0 Å². The van der Waals surface area contributed by atoms with Gasteiger partial charge in [-0.1, -0.05) is 35.9 Å². The minimum Gasteiger partial charge on any atom is -0.350 e. The smallest absolute Gasteiger partial charge is 0.274 e. The number of nitrogens with zero attached hydrogens (tertiary/aromatic N) is 1. The van der Waals surface area contributed by atoms with Gasteiger partial charge < -0.3 is 10.6 Å². The molecule has 0 saturated heterocycles. The summed E-state index contributed by atoms with van der Waals surface area (Å²) >= 11 is 5.82. The third kappa shape index (κ3) is 5.14. The summed E-state index contributed by atoms with van der Waals surface area (Å²) in [7, 11) is 0. The predicted molar refractivity (Wildman–Crippen MR) is 106 cm³/mol. The molecule has 28 heavy (non-hydrogen) atoms. The summed E-state index contributed by atoms with van der Waals surface area (Å²) in [6, 6.07) is 17.6. The van der Waals surface area contributed by atoms with Crippen molar-refractivity contribution in [1.82, 2.24) is 10.3 Å². The number of nitrogens with one attached hydrogen (secondary N) is 2. The SMILES string of the molecule is O=C(NCCc1ccccc1F)c1cccc(C(=O)Nc2ccc(Cl)cc2)n1. The van der Waals surface area contributed by atoms with Gasteiger partial charge in [0, 0.05) is 17.3 Å². The third-order valence-electron chi connectivity index (χ3n) is 3.95. The van der Waals surface area contributed by atoms with Gasteiger partial charge in [-0.15, -0.1) is 0 Å². The van der Waals surface area contributed by atoms with E-state index in [0.717, 1.165) is 0 Å². The summed E-state index contributed by atoms with van der Waals surface area (Å²) in [6.07, 6.45) is 0.356. The monoisotopic (exact) mass is 397 g/mol. The maximum Gasteiger partial charge on any atom is 0.274 e. The Bertz CT molecular complexity index is 993. The number of hydrogen-bond acceptors (Lipinski definition) is 3. The highest BCUT2D eigenvalue weighted by atomic mass is 35.5. The molecular weight excluding hydrogens is 381 g/mol. The second kappa shape index (κ2) is 9.10. The van der Waals surface area contributed by atoms with Gasteiger partial charge in [0.05, 0.1) is 0 Å². The van der Waals surface area contributed by atoms with E-state index in [2.05, 4.69) is 15.6 Å². The highest BCUT2D eigenvalue weighted by molar-refractivity contribution is 6.30. The van der Waals surface area contributed by atoms with E-state index in [-0.39, 0.29) is 23.7 Å². The molecule has 0 radical (unpaired) electrons. The standard InChI is InChI=1S/C21H17ClFN3O2/c22-15-8-10-16(11-9-15)25-21(28)19-7-3-6-18(26-19)20(27)24-13-12-14-4-1-2-5-17(14)23/h1-11H,12-13H2,(H,24,27)(H,25,28). The lowest BCUT2D eigenvalue weighted by Gasteiger charge is -2.08. The van der Waals surface area contributed by atoms with Crippen molar-refractivity contribution in [3.8, 4) is 0 Å². The van der Waals surface area contributed by atoms with Crippen molar-refractivity contribution in [2.75, 3.05) is 11.9 Å². The molecule has 3 rings (SSSR count). The molecule has 0 spiro atoms. The fourth-order valence-electron chi connectivity index (χ4n) is 2.52. The molecule has 0 atom stereocenters. The van der Waals surface area contributed by atoms with Crippen LogP contribution in [0.2, 0.25) is 5.02 Å². The van der Waals surface area contributed by atoms with Gasteiger partial charge in [0.15, 0.2) is 0 Å². The zero-order chi connectivity index (χ0) is 19.9. The van der Waals surface area contributed by atoms with E-state index in [1.165, 1.54) is 18.2 Å². The molecule has 0 bridgehead atoms. The van der Waals surface area contributed by atoms with Gasteiger partial charge in [0.1, 0.15) is 17.2 Å². The number of anilines is 1. The molecule has 5 nitrogen and oxygen atoms in total. The second-order valence-electron chi connectivity index (χ2n) is 5.97. The average Bonchev–Trinajstić information content (AvgIpc) is 2.71. The molecule has 1 heterocycles.